The quantitative estimate of drug-likeness (QED) is 0.606. The molecule has 0 unspecified atom stereocenters. The number of carbonyl (C=O) groups excluding carboxylic acids is 2. The maximum atomic E-state index is 11.6. The summed E-state index contributed by atoms with van der Waals surface area (Å²) in [6, 6.07) is 9.22. The molecule has 0 fully saturated rings. The first-order valence-corrected chi connectivity index (χ1v) is 4.93. The van der Waals surface area contributed by atoms with Crippen LogP contribution in [-0.2, 0) is 20.7 Å². The van der Waals surface area contributed by atoms with Crippen molar-refractivity contribution in [2.24, 2.45) is 11.1 Å². The lowest BCUT2D eigenvalue weighted by Crippen LogP contribution is -2.43. The summed E-state index contributed by atoms with van der Waals surface area (Å²) < 4.78 is 4.61. The molecule has 86 valence electrons. The van der Waals surface area contributed by atoms with Gasteiger partial charge < -0.3 is 10.5 Å². The zero-order valence-corrected chi connectivity index (χ0v) is 9.40. The molecule has 0 bridgehead atoms. The number of hydrogen-bond acceptors (Lipinski definition) is 3. The average Bonchev–Trinajstić information content (AvgIpc) is 2.28. The number of nitrogens with two attached hydrogens (primary N) is 1. The third-order valence-electron chi connectivity index (χ3n) is 2.58. The first kappa shape index (κ1) is 12.2. The van der Waals surface area contributed by atoms with Crippen LogP contribution in [0.3, 0.4) is 0 Å². The lowest BCUT2D eigenvalue weighted by molar-refractivity contribution is -0.156. The Morgan fingerprint density at radius 3 is 2.31 bits per heavy atom. The second kappa shape index (κ2) is 4.79. The first-order valence-electron chi connectivity index (χ1n) is 4.93. The molecule has 16 heavy (non-hydrogen) atoms. The average molecular weight is 221 g/mol. The predicted octanol–water partition coefficient (Wildman–Crippen LogP) is 0.894. The molecule has 2 N–H and O–H groups in total. The summed E-state index contributed by atoms with van der Waals surface area (Å²) in [5, 5.41) is 0. The summed E-state index contributed by atoms with van der Waals surface area (Å²) in [6.45, 7) is 1.49. The topological polar surface area (TPSA) is 69.4 Å². The van der Waals surface area contributed by atoms with Crippen molar-refractivity contribution in [3.05, 3.63) is 35.9 Å². The van der Waals surface area contributed by atoms with E-state index in [-0.39, 0.29) is 6.42 Å². The van der Waals surface area contributed by atoms with Crippen molar-refractivity contribution < 1.29 is 14.3 Å². The van der Waals surface area contributed by atoms with Gasteiger partial charge in [-0.3, -0.25) is 9.59 Å². The smallest absolute Gasteiger partial charge is 0.321 e. The highest BCUT2D eigenvalue weighted by Crippen LogP contribution is 2.23. The maximum Gasteiger partial charge on any atom is 0.321 e. The highest BCUT2D eigenvalue weighted by Gasteiger charge is 2.40. The molecule has 4 nitrogen and oxygen atoms in total. The van der Waals surface area contributed by atoms with E-state index in [1.165, 1.54) is 14.0 Å². The molecule has 0 spiro atoms. The summed E-state index contributed by atoms with van der Waals surface area (Å²) in [5.74, 6) is -1.29. The summed E-state index contributed by atoms with van der Waals surface area (Å²) in [4.78, 5) is 22.9. The minimum atomic E-state index is -1.31. The van der Waals surface area contributed by atoms with Crippen molar-refractivity contribution in [1.29, 1.82) is 0 Å². The number of primary amides is 1. The van der Waals surface area contributed by atoms with Gasteiger partial charge in [0.25, 0.3) is 0 Å². The number of hydrogen-bond donors (Lipinski definition) is 1. The molecule has 0 aliphatic heterocycles. The minimum Gasteiger partial charge on any atom is -0.468 e. The van der Waals surface area contributed by atoms with Crippen molar-refractivity contribution in [1.82, 2.24) is 0 Å². The van der Waals surface area contributed by atoms with Crippen molar-refractivity contribution in [2.75, 3.05) is 7.11 Å². The van der Waals surface area contributed by atoms with Gasteiger partial charge in [0.15, 0.2) is 0 Å². The standard InChI is InChI=1S/C12H15NO3/c1-12(10(13)14,11(15)16-2)8-9-6-4-3-5-7-9/h3-7H,8H2,1-2H3,(H2,13,14)/t12-/m0/s1. The van der Waals surface area contributed by atoms with Crippen LogP contribution in [-0.4, -0.2) is 19.0 Å². The fraction of sp³-hybridized carbons (Fsp3) is 0.333. The number of benzene rings is 1. The molecule has 0 aromatic heterocycles. The summed E-state index contributed by atoms with van der Waals surface area (Å²) in [7, 11) is 1.24. The molecule has 0 aliphatic rings. The minimum absolute atomic E-state index is 0.246. The monoisotopic (exact) mass is 221 g/mol. The van der Waals surface area contributed by atoms with Crippen LogP contribution in [0, 0.1) is 5.41 Å². The van der Waals surface area contributed by atoms with Crippen molar-refractivity contribution in [3.63, 3.8) is 0 Å². The molecule has 1 amide bonds. The largest absolute Gasteiger partial charge is 0.468 e. The molecule has 1 rings (SSSR count). The van der Waals surface area contributed by atoms with E-state index in [0.717, 1.165) is 5.56 Å². The molecule has 1 atom stereocenters. The normalized spacial score (nSPS) is 13.9. The van der Waals surface area contributed by atoms with E-state index in [0.29, 0.717) is 0 Å². The molecule has 0 heterocycles. The van der Waals surface area contributed by atoms with Crippen LogP contribution in [0.25, 0.3) is 0 Å². The highest BCUT2D eigenvalue weighted by atomic mass is 16.5. The second-order valence-electron chi connectivity index (χ2n) is 3.85. The van der Waals surface area contributed by atoms with E-state index in [1.54, 1.807) is 0 Å². The van der Waals surface area contributed by atoms with Gasteiger partial charge in [-0.05, 0) is 18.9 Å². The Balaban J connectivity index is 2.97. The lowest BCUT2D eigenvalue weighted by Gasteiger charge is -2.22. The molecular formula is C12H15NO3. The van der Waals surface area contributed by atoms with Gasteiger partial charge in [0.05, 0.1) is 7.11 Å². The van der Waals surface area contributed by atoms with Crippen LogP contribution in [0.15, 0.2) is 30.3 Å². The van der Waals surface area contributed by atoms with Crippen molar-refractivity contribution in [2.45, 2.75) is 13.3 Å². The Hall–Kier alpha value is -1.84. The van der Waals surface area contributed by atoms with Crippen LogP contribution in [0.5, 0.6) is 0 Å². The number of methoxy groups -OCH3 is 1. The Kier molecular flexibility index (Phi) is 3.66. The van der Waals surface area contributed by atoms with E-state index < -0.39 is 17.3 Å². The molecule has 0 aliphatic carbocycles. The number of ether oxygens (including phenoxy) is 1. The van der Waals surface area contributed by atoms with Crippen LogP contribution in [0.1, 0.15) is 12.5 Å². The van der Waals surface area contributed by atoms with E-state index in [4.69, 9.17) is 5.73 Å². The molecule has 1 aromatic carbocycles. The van der Waals surface area contributed by atoms with Crippen LogP contribution >= 0.6 is 0 Å². The summed E-state index contributed by atoms with van der Waals surface area (Å²) in [5.41, 5.74) is 4.82. The van der Waals surface area contributed by atoms with Gasteiger partial charge in [-0.25, -0.2) is 0 Å². The molecule has 1 aromatic rings. The summed E-state index contributed by atoms with van der Waals surface area (Å²) >= 11 is 0. The maximum absolute atomic E-state index is 11.6. The van der Waals surface area contributed by atoms with Gasteiger partial charge in [-0.15, -0.1) is 0 Å². The highest BCUT2D eigenvalue weighted by molar-refractivity contribution is 6.01. The fourth-order valence-corrected chi connectivity index (χ4v) is 1.49. The molecule has 0 saturated heterocycles. The van der Waals surface area contributed by atoms with Crippen molar-refractivity contribution >= 4 is 11.9 Å². The fourth-order valence-electron chi connectivity index (χ4n) is 1.49. The third kappa shape index (κ3) is 2.39. The Labute approximate surface area is 94.4 Å². The van der Waals surface area contributed by atoms with Crippen LogP contribution in [0.4, 0.5) is 0 Å². The van der Waals surface area contributed by atoms with Gasteiger partial charge in [0, 0.05) is 0 Å². The zero-order chi connectivity index (χ0) is 12.2. The van der Waals surface area contributed by atoms with E-state index >= 15 is 0 Å². The van der Waals surface area contributed by atoms with Crippen LogP contribution in [0.2, 0.25) is 0 Å². The van der Waals surface area contributed by atoms with Gasteiger partial charge in [-0.2, -0.15) is 0 Å². The predicted molar refractivity (Wildman–Crippen MR) is 59.5 cm³/mol. The van der Waals surface area contributed by atoms with E-state index in [1.807, 2.05) is 30.3 Å². The third-order valence-corrected chi connectivity index (χ3v) is 2.58. The zero-order valence-electron chi connectivity index (χ0n) is 9.40. The molecule has 4 heteroatoms. The SMILES string of the molecule is COC(=O)[C@@](C)(Cc1ccccc1)C(N)=O. The number of amides is 1. The molecule has 0 saturated carbocycles. The number of rotatable bonds is 4. The molecule has 0 radical (unpaired) electrons. The van der Waals surface area contributed by atoms with Gasteiger partial charge in [0.2, 0.25) is 5.91 Å². The van der Waals surface area contributed by atoms with E-state index in [2.05, 4.69) is 4.74 Å². The summed E-state index contributed by atoms with van der Waals surface area (Å²) in [6.07, 6.45) is 0.246. The lowest BCUT2D eigenvalue weighted by atomic mass is 9.83. The van der Waals surface area contributed by atoms with Gasteiger partial charge >= 0.3 is 5.97 Å². The van der Waals surface area contributed by atoms with E-state index in [9.17, 15) is 9.59 Å². The van der Waals surface area contributed by atoms with Crippen LogP contribution < -0.4 is 5.73 Å². The second-order valence-corrected chi connectivity index (χ2v) is 3.85. The number of esters is 1. The van der Waals surface area contributed by atoms with Gasteiger partial charge in [-0.1, -0.05) is 30.3 Å². The number of carbonyl (C=O) groups is 2. The molecular weight excluding hydrogens is 206 g/mol. The van der Waals surface area contributed by atoms with Crippen molar-refractivity contribution in [3.8, 4) is 0 Å². The Morgan fingerprint density at radius 2 is 1.88 bits per heavy atom. The Bertz CT molecular complexity index is 389. The Morgan fingerprint density at radius 1 is 1.31 bits per heavy atom. The van der Waals surface area contributed by atoms with Gasteiger partial charge in [0.1, 0.15) is 5.41 Å². The first-order chi connectivity index (χ1) is 7.50.